The van der Waals surface area contributed by atoms with E-state index in [1.807, 2.05) is 27.7 Å². The molecule has 0 radical (unpaired) electrons. The summed E-state index contributed by atoms with van der Waals surface area (Å²) < 4.78 is 23.2. The fourth-order valence-electron chi connectivity index (χ4n) is 3.48. The van der Waals surface area contributed by atoms with E-state index in [2.05, 4.69) is 4.90 Å². The maximum Gasteiger partial charge on any atom is 0.515 e. The maximum absolute atomic E-state index is 11.8. The minimum absolute atomic E-state index is 0.139. The molecular weight excluding hydrogens is 338 g/mol. The van der Waals surface area contributed by atoms with Crippen LogP contribution in [0.15, 0.2) is 0 Å². The molecule has 1 aliphatic rings. The van der Waals surface area contributed by atoms with Crippen LogP contribution in [0.1, 0.15) is 66.2 Å². The zero-order valence-electron chi connectivity index (χ0n) is 16.6. The number of rotatable bonds is 13. The predicted molar refractivity (Wildman–Crippen MR) is 100 cm³/mol. The lowest BCUT2D eigenvalue weighted by Crippen LogP contribution is -2.58. The Kier molecular flexibility index (Phi) is 11.6. The Labute approximate surface area is 154 Å². The third-order valence-corrected chi connectivity index (χ3v) is 7.47. The summed E-state index contributed by atoms with van der Waals surface area (Å²) in [6.45, 7) is 10.6. The van der Waals surface area contributed by atoms with Crippen molar-refractivity contribution in [3.63, 3.8) is 0 Å². The fraction of sp³-hybridized carbons (Fsp3) is 0.944. The van der Waals surface area contributed by atoms with Gasteiger partial charge in [-0.25, -0.2) is 0 Å². The molecule has 1 fully saturated rings. The molecule has 7 heteroatoms. The molecule has 1 rings (SSSR count). The molecule has 0 aromatic carbocycles. The van der Waals surface area contributed by atoms with Crippen molar-refractivity contribution in [2.24, 2.45) is 0 Å². The van der Waals surface area contributed by atoms with Crippen molar-refractivity contribution >= 4 is 14.8 Å². The van der Waals surface area contributed by atoms with Crippen molar-refractivity contribution < 1.29 is 22.8 Å². The third kappa shape index (κ3) is 8.17. The Morgan fingerprint density at radius 2 is 1.48 bits per heavy atom. The maximum atomic E-state index is 11.8. The normalized spacial score (nSPS) is 16.4. The summed E-state index contributed by atoms with van der Waals surface area (Å²) in [6, 6.07) is 0.469. The minimum atomic E-state index is -2.76. The number of hydrogen-bond donors (Lipinski definition) is 0. The van der Waals surface area contributed by atoms with Crippen LogP contribution in [0.5, 0.6) is 0 Å². The van der Waals surface area contributed by atoms with Crippen LogP contribution in [-0.2, 0) is 22.8 Å². The highest BCUT2D eigenvalue weighted by Gasteiger charge is 2.44. The quantitative estimate of drug-likeness (QED) is 0.364. The number of hydrogen-bond acceptors (Lipinski definition) is 6. The molecule has 0 saturated heterocycles. The van der Waals surface area contributed by atoms with Gasteiger partial charge in [-0.05, 0) is 40.5 Å². The molecule has 0 atom stereocenters. The Morgan fingerprint density at radius 1 is 0.920 bits per heavy atom. The van der Waals surface area contributed by atoms with Gasteiger partial charge in [-0.2, -0.15) is 0 Å². The SMILES string of the molecule is CCOC(=O)CCN(C[Si](OCC)(OCC)OCC)C1CCCCC1. The van der Waals surface area contributed by atoms with Gasteiger partial charge in [0, 0.05) is 32.4 Å². The zero-order chi connectivity index (χ0) is 18.5. The first-order valence-electron chi connectivity index (χ1n) is 9.92. The van der Waals surface area contributed by atoms with Gasteiger partial charge in [0.25, 0.3) is 0 Å². The molecule has 6 nitrogen and oxygen atoms in total. The van der Waals surface area contributed by atoms with Crippen LogP contribution in [0.2, 0.25) is 0 Å². The van der Waals surface area contributed by atoms with E-state index >= 15 is 0 Å². The molecule has 25 heavy (non-hydrogen) atoms. The monoisotopic (exact) mass is 375 g/mol. The molecule has 0 unspecified atom stereocenters. The van der Waals surface area contributed by atoms with Gasteiger partial charge in [-0.15, -0.1) is 0 Å². The number of carbonyl (C=O) groups excluding carboxylic acids is 1. The summed E-state index contributed by atoms with van der Waals surface area (Å²) in [5.41, 5.74) is 0. The molecule has 0 aromatic rings. The fourth-order valence-corrected chi connectivity index (χ4v) is 6.23. The largest absolute Gasteiger partial charge is 0.515 e. The lowest BCUT2D eigenvalue weighted by molar-refractivity contribution is -0.143. The first-order chi connectivity index (χ1) is 12.1. The third-order valence-electron chi connectivity index (χ3n) is 4.49. The molecule has 0 N–H and O–H groups in total. The lowest BCUT2D eigenvalue weighted by atomic mass is 9.94. The van der Waals surface area contributed by atoms with Crippen LogP contribution in [0.4, 0.5) is 0 Å². The summed E-state index contributed by atoms with van der Waals surface area (Å²) >= 11 is 0. The average Bonchev–Trinajstić information content (AvgIpc) is 2.60. The van der Waals surface area contributed by atoms with E-state index in [-0.39, 0.29) is 5.97 Å². The first kappa shape index (κ1) is 22.6. The first-order valence-corrected chi connectivity index (χ1v) is 11.8. The smallest absolute Gasteiger partial charge is 0.466 e. The number of carbonyl (C=O) groups is 1. The predicted octanol–water partition coefficient (Wildman–Crippen LogP) is 3.16. The second kappa shape index (κ2) is 12.8. The molecule has 0 amide bonds. The van der Waals surface area contributed by atoms with Crippen LogP contribution in [0.3, 0.4) is 0 Å². The van der Waals surface area contributed by atoms with E-state index in [0.29, 0.717) is 51.6 Å². The Bertz CT molecular complexity index is 346. The molecule has 1 aliphatic carbocycles. The van der Waals surface area contributed by atoms with Crippen molar-refractivity contribution in [1.29, 1.82) is 0 Å². The van der Waals surface area contributed by atoms with Crippen LogP contribution in [-0.4, -0.2) is 64.9 Å². The van der Waals surface area contributed by atoms with Gasteiger partial charge in [0.2, 0.25) is 0 Å². The van der Waals surface area contributed by atoms with Gasteiger partial charge in [-0.1, -0.05) is 19.3 Å². The van der Waals surface area contributed by atoms with Crippen molar-refractivity contribution in [2.75, 3.05) is 39.1 Å². The van der Waals surface area contributed by atoms with Crippen LogP contribution < -0.4 is 0 Å². The molecule has 148 valence electrons. The number of esters is 1. The summed E-state index contributed by atoms with van der Waals surface area (Å²) in [5.74, 6) is -0.139. The van der Waals surface area contributed by atoms with E-state index in [0.717, 1.165) is 12.8 Å². The Balaban J connectivity index is 2.83. The van der Waals surface area contributed by atoms with Crippen molar-refractivity contribution in [3.05, 3.63) is 0 Å². The molecular formula is C18H37NO5Si. The Morgan fingerprint density at radius 3 is 1.96 bits per heavy atom. The minimum Gasteiger partial charge on any atom is -0.466 e. The van der Waals surface area contributed by atoms with E-state index in [1.165, 1.54) is 19.3 Å². The average molecular weight is 376 g/mol. The molecule has 0 aromatic heterocycles. The number of ether oxygens (including phenoxy) is 1. The van der Waals surface area contributed by atoms with Gasteiger partial charge in [-0.3, -0.25) is 9.69 Å². The van der Waals surface area contributed by atoms with E-state index in [4.69, 9.17) is 18.0 Å². The van der Waals surface area contributed by atoms with Gasteiger partial charge in [0.15, 0.2) is 0 Å². The van der Waals surface area contributed by atoms with Gasteiger partial charge in [0.1, 0.15) is 0 Å². The van der Waals surface area contributed by atoms with E-state index < -0.39 is 8.80 Å². The highest BCUT2D eigenvalue weighted by Crippen LogP contribution is 2.25. The van der Waals surface area contributed by atoms with Crippen molar-refractivity contribution in [1.82, 2.24) is 4.90 Å². The second-order valence-corrected chi connectivity index (χ2v) is 8.85. The molecule has 0 aliphatic heterocycles. The second-order valence-electron chi connectivity index (χ2n) is 6.30. The van der Waals surface area contributed by atoms with Gasteiger partial charge >= 0.3 is 14.8 Å². The van der Waals surface area contributed by atoms with Crippen molar-refractivity contribution in [3.8, 4) is 0 Å². The van der Waals surface area contributed by atoms with E-state index in [9.17, 15) is 4.79 Å². The van der Waals surface area contributed by atoms with Gasteiger partial charge in [0.05, 0.1) is 19.2 Å². The van der Waals surface area contributed by atoms with Gasteiger partial charge < -0.3 is 18.0 Å². The highest BCUT2D eigenvalue weighted by atomic mass is 28.4. The molecule has 0 bridgehead atoms. The topological polar surface area (TPSA) is 57.2 Å². The number of nitrogens with zero attached hydrogens (tertiary/aromatic N) is 1. The van der Waals surface area contributed by atoms with E-state index in [1.54, 1.807) is 0 Å². The zero-order valence-corrected chi connectivity index (χ0v) is 17.6. The summed E-state index contributed by atoms with van der Waals surface area (Å²) in [4.78, 5) is 14.2. The standard InChI is InChI=1S/C18H37NO5Si/c1-5-21-18(20)14-15-19(17-12-10-9-11-13-17)16-25(22-6-2,23-7-3)24-8-4/h17H,5-16H2,1-4H3. The van der Waals surface area contributed by atoms with Crippen molar-refractivity contribution in [2.45, 2.75) is 72.3 Å². The lowest BCUT2D eigenvalue weighted by Gasteiger charge is -2.39. The highest BCUT2D eigenvalue weighted by molar-refractivity contribution is 6.60. The van der Waals surface area contributed by atoms with Crippen LogP contribution in [0, 0.1) is 0 Å². The molecule has 1 saturated carbocycles. The molecule has 0 spiro atoms. The summed E-state index contributed by atoms with van der Waals surface area (Å²) in [5, 5.41) is 0. The summed E-state index contributed by atoms with van der Waals surface area (Å²) in [6.07, 6.45) is 7.16. The summed E-state index contributed by atoms with van der Waals surface area (Å²) in [7, 11) is -2.76. The van der Waals surface area contributed by atoms with Crippen LogP contribution >= 0.6 is 0 Å². The molecule has 0 heterocycles. The Hall–Kier alpha value is -0.473. The van der Waals surface area contributed by atoms with Crippen LogP contribution in [0.25, 0.3) is 0 Å².